The van der Waals surface area contributed by atoms with Crippen molar-refractivity contribution in [2.45, 2.75) is 20.3 Å². The molecule has 1 amide bonds. The van der Waals surface area contributed by atoms with Gasteiger partial charge < -0.3 is 25.7 Å². The van der Waals surface area contributed by atoms with Gasteiger partial charge in [-0.15, -0.1) is 0 Å². The van der Waals surface area contributed by atoms with Crippen LogP contribution in [0.15, 0.2) is 53.7 Å². The van der Waals surface area contributed by atoms with Gasteiger partial charge in [-0.1, -0.05) is 18.2 Å². The van der Waals surface area contributed by atoms with Crippen molar-refractivity contribution in [2.75, 3.05) is 32.1 Å². The third-order valence-corrected chi connectivity index (χ3v) is 4.65. The molecule has 0 bridgehead atoms. The molecule has 0 aliphatic rings. The Bertz CT molecular complexity index is 1030. The monoisotopic (exact) mass is 407 g/mol. The predicted molar refractivity (Wildman–Crippen MR) is 122 cm³/mol. The number of aryl methyl sites for hydroxylation is 1. The first kappa shape index (κ1) is 21.2. The fourth-order valence-corrected chi connectivity index (χ4v) is 3.25. The summed E-state index contributed by atoms with van der Waals surface area (Å²) < 4.78 is 5.74. The lowest BCUT2D eigenvalue weighted by molar-refractivity contribution is -0.114. The molecule has 2 aromatic carbocycles. The molecule has 0 radical (unpaired) electrons. The second-order valence-electron chi connectivity index (χ2n) is 7.10. The number of anilines is 1. The quantitative estimate of drug-likeness (QED) is 0.262. The molecule has 3 rings (SSSR count). The average molecular weight is 408 g/mol. The molecular weight excluding hydrogens is 378 g/mol. The van der Waals surface area contributed by atoms with E-state index in [2.05, 4.69) is 57.2 Å². The molecule has 0 aliphatic heterocycles. The number of carbonyl (C=O) groups is 1. The van der Waals surface area contributed by atoms with E-state index in [1.54, 1.807) is 13.1 Å². The molecule has 0 aliphatic carbocycles. The molecule has 0 atom stereocenters. The highest BCUT2D eigenvalue weighted by molar-refractivity contribution is 5.88. The number of hydrogen-bond acceptors (Lipinski definition) is 3. The van der Waals surface area contributed by atoms with Crippen LogP contribution >= 0.6 is 0 Å². The number of nitrogens with zero attached hydrogens (tertiary/aromatic N) is 1. The first-order chi connectivity index (χ1) is 14.5. The minimum absolute atomic E-state index is 0.105. The summed E-state index contributed by atoms with van der Waals surface area (Å²) in [6.07, 6.45) is 2.97. The molecule has 0 spiro atoms. The van der Waals surface area contributed by atoms with Crippen molar-refractivity contribution in [3.63, 3.8) is 0 Å². The Morgan fingerprint density at radius 2 is 1.97 bits per heavy atom. The van der Waals surface area contributed by atoms with Crippen molar-refractivity contribution in [3.05, 3.63) is 59.8 Å². The fraction of sp³-hybridized carbons (Fsp3) is 0.304. The number of aliphatic imine (C=N–C) groups is 1. The molecular formula is C23H29N5O2. The maximum Gasteiger partial charge on any atom is 0.221 e. The number of fused-ring (bicyclic) bond motifs is 1. The number of benzene rings is 2. The van der Waals surface area contributed by atoms with Gasteiger partial charge in [0.15, 0.2) is 5.96 Å². The molecule has 0 fully saturated rings. The third kappa shape index (κ3) is 6.01. The minimum Gasteiger partial charge on any atom is -0.492 e. The Labute approximate surface area is 176 Å². The molecule has 0 unspecified atom stereocenters. The van der Waals surface area contributed by atoms with E-state index in [1.807, 2.05) is 18.2 Å². The van der Waals surface area contributed by atoms with E-state index in [1.165, 1.54) is 29.0 Å². The van der Waals surface area contributed by atoms with E-state index in [4.69, 9.17) is 4.74 Å². The first-order valence-electron chi connectivity index (χ1n) is 10.1. The Balaban J connectivity index is 1.40. The zero-order valence-corrected chi connectivity index (χ0v) is 17.7. The van der Waals surface area contributed by atoms with Crippen LogP contribution in [0.2, 0.25) is 0 Å². The molecule has 7 nitrogen and oxygen atoms in total. The maximum atomic E-state index is 11.1. The maximum absolute atomic E-state index is 11.1. The van der Waals surface area contributed by atoms with E-state index in [0.29, 0.717) is 18.9 Å². The summed E-state index contributed by atoms with van der Waals surface area (Å²) in [5.41, 5.74) is 4.43. The summed E-state index contributed by atoms with van der Waals surface area (Å²) in [6, 6.07) is 13.8. The Hall–Kier alpha value is -3.48. The number of amides is 1. The number of hydrogen-bond donors (Lipinski definition) is 4. The molecule has 30 heavy (non-hydrogen) atoms. The molecule has 0 saturated heterocycles. The number of aromatic nitrogens is 1. The predicted octanol–water partition coefficient (Wildman–Crippen LogP) is 3.22. The number of carbonyl (C=O) groups excluding carboxylic acids is 1. The summed E-state index contributed by atoms with van der Waals surface area (Å²) in [7, 11) is 1.75. The summed E-state index contributed by atoms with van der Waals surface area (Å²) >= 11 is 0. The summed E-state index contributed by atoms with van der Waals surface area (Å²) in [4.78, 5) is 18.7. The van der Waals surface area contributed by atoms with Crippen LogP contribution in [0.5, 0.6) is 5.75 Å². The van der Waals surface area contributed by atoms with Crippen molar-refractivity contribution < 1.29 is 9.53 Å². The topological polar surface area (TPSA) is 90.5 Å². The lowest BCUT2D eigenvalue weighted by atomic mass is 10.1. The molecule has 1 heterocycles. The molecule has 0 saturated carbocycles. The summed E-state index contributed by atoms with van der Waals surface area (Å²) in [5.74, 6) is 1.34. The van der Waals surface area contributed by atoms with Crippen LogP contribution < -0.4 is 20.7 Å². The second-order valence-corrected chi connectivity index (χ2v) is 7.10. The van der Waals surface area contributed by atoms with Gasteiger partial charge in [0.25, 0.3) is 0 Å². The molecule has 158 valence electrons. The van der Waals surface area contributed by atoms with Crippen LogP contribution in [0.3, 0.4) is 0 Å². The van der Waals surface area contributed by atoms with E-state index < -0.39 is 0 Å². The number of ether oxygens (including phenoxy) is 1. The normalized spacial score (nSPS) is 11.4. The van der Waals surface area contributed by atoms with Gasteiger partial charge in [0, 0.05) is 49.4 Å². The zero-order valence-electron chi connectivity index (χ0n) is 17.7. The summed E-state index contributed by atoms with van der Waals surface area (Å²) in [6.45, 7) is 5.44. The van der Waals surface area contributed by atoms with Crippen LogP contribution in [-0.4, -0.2) is 43.6 Å². The molecule has 1 aromatic heterocycles. The molecule has 7 heteroatoms. The zero-order chi connectivity index (χ0) is 21.3. The van der Waals surface area contributed by atoms with Gasteiger partial charge >= 0.3 is 0 Å². The number of guanidine groups is 1. The van der Waals surface area contributed by atoms with Crippen molar-refractivity contribution in [1.82, 2.24) is 15.6 Å². The van der Waals surface area contributed by atoms with Crippen LogP contribution in [0, 0.1) is 6.92 Å². The van der Waals surface area contributed by atoms with E-state index in [0.717, 1.165) is 24.6 Å². The SMILES string of the molecule is CN=C(NCCOc1cccc(NC(C)=O)c1)NCCc1c[nH]c2cc(C)ccc12. The van der Waals surface area contributed by atoms with Gasteiger partial charge in [0.05, 0.1) is 6.54 Å². The third-order valence-electron chi connectivity index (χ3n) is 4.65. The van der Waals surface area contributed by atoms with Gasteiger partial charge in [-0.05, 0) is 42.7 Å². The smallest absolute Gasteiger partial charge is 0.221 e. The van der Waals surface area contributed by atoms with Gasteiger partial charge in [-0.25, -0.2) is 0 Å². The molecule has 3 aromatic rings. The standard InChI is InChI=1S/C23H29N5O2/c1-16-7-8-21-18(15-27-22(21)13-16)9-10-25-23(24-3)26-11-12-30-20-6-4-5-19(14-20)28-17(2)29/h4-8,13-15,27H,9-12H2,1-3H3,(H,28,29)(H2,24,25,26). The number of rotatable bonds is 8. The highest BCUT2D eigenvalue weighted by Crippen LogP contribution is 2.19. The number of nitrogens with one attached hydrogen (secondary N) is 4. The van der Waals surface area contributed by atoms with E-state index in [9.17, 15) is 4.79 Å². The number of H-pyrrole nitrogens is 1. The number of aromatic amines is 1. The summed E-state index contributed by atoms with van der Waals surface area (Å²) in [5, 5.41) is 10.6. The molecule has 4 N–H and O–H groups in total. The lowest BCUT2D eigenvalue weighted by Crippen LogP contribution is -2.40. The Kier molecular flexibility index (Phi) is 7.32. The minimum atomic E-state index is -0.105. The lowest BCUT2D eigenvalue weighted by Gasteiger charge is -2.13. The Morgan fingerprint density at radius 3 is 2.77 bits per heavy atom. The van der Waals surface area contributed by atoms with Crippen LogP contribution in [0.4, 0.5) is 5.69 Å². The average Bonchev–Trinajstić information content (AvgIpc) is 3.11. The highest BCUT2D eigenvalue weighted by Gasteiger charge is 2.05. The van der Waals surface area contributed by atoms with Crippen molar-refractivity contribution in [1.29, 1.82) is 0 Å². The van der Waals surface area contributed by atoms with Crippen molar-refractivity contribution >= 4 is 28.5 Å². The highest BCUT2D eigenvalue weighted by atomic mass is 16.5. The van der Waals surface area contributed by atoms with Crippen molar-refractivity contribution in [2.24, 2.45) is 4.99 Å². The van der Waals surface area contributed by atoms with Gasteiger partial charge in [-0.3, -0.25) is 9.79 Å². The van der Waals surface area contributed by atoms with Gasteiger partial charge in [0.1, 0.15) is 12.4 Å². The van der Waals surface area contributed by atoms with Gasteiger partial charge in [-0.2, -0.15) is 0 Å². The van der Waals surface area contributed by atoms with Crippen LogP contribution in [0.1, 0.15) is 18.1 Å². The van der Waals surface area contributed by atoms with Gasteiger partial charge in [0.2, 0.25) is 5.91 Å². The van der Waals surface area contributed by atoms with Crippen LogP contribution in [0.25, 0.3) is 10.9 Å². The van der Waals surface area contributed by atoms with E-state index >= 15 is 0 Å². The van der Waals surface area contributed by atoms with E-state index in [-0.39, 0.29) is 5.91 Å². The second kappa shape index (κ2) is 10.3. The fourth-order valence-electron chi connectivity index (χ4n) is 3.25. The van der Waals surface area contributed by atoms with Crippen molar-refractivity contribution in [3.8, 4) is 5.75 Å². The van der Waals surface area contributed by atoms with Crippen LogP contribution in [-0.2, 0) is 11.2 Å². The largest absolute Gasteiger partial charge is 0.492 e. The first-order valence-corrected chi connectivity index (χ1v) is 10.1. The Morgan fingerprint density at radius 1 is 1.13 bits per heavy atom.